The summed E-state index contributed by atoms with van der Waals surface area (Å²) in [5.41, 5.74) is 1.46. The van der Waals surface area contributed by atoms with Crippen LogP contribution in [0.25, 0.3) is 0 Å². The van der Waals surface area contributed by atoms with Gasteiger partial charge in [-0.15, -0.1) is 0 Å². The van der Waals surface area contributed by atoms with Crippen molar-refractivity contribution in [2.45, 2.75) is 46.0 Å². The summed E-state index contributed by atoms with van der Waals surface area (Å²) in [6.45, 7) is 4.52. The van der Waals surface area contributed by atoms with Gasteiger partial charge in [0.15, 0.2) is 5.78 Å². The van der Waals surface area contributed by atoms with E-state index in [4.69, 9.17) is 0 Å². The van der Waals surface area contributed by atoms with Crippen molar-refractivity contribution in [3.05, 3.63) is 11.6 Å². The average molecular weight is 192 g/mol. The molecule has 0 unspecified atom stereocenters. The van der Waals surface area contributed by atoms with Crippen LogP contribution in [-0.2, 0) is 4.79 Å². The normalized spacial score (nSPS) is 32.8. The Morgan fingerprint density at radius 3 is 2.86 bits per heavy atom. The van der Waals surface area contributed by atoms with Crippen molar-refractivity contribution < 1.29 is 4.79 Å². The van der Waals surface area contributed by atoms with Crippen LogP contribution in [0.15, 0.2) is 11.6 Å². The van der Waals surface area contributed by atoms with Crippen molar-refractivity contribution in [1.29, 1.82) is 0 Å². The quantitative estimate of drug-likeness (QED) is 0.622. The zero-order valence-corrected chi connectivity index (χ0v) is 9.25. The second kappa shape index (κ2) is 3.88. The third kappa shape index (κ3) is 1.77. The first-order valence-electron chi connectivity index (χ1n) is 5.92. The van der Waals surface area contributed by atoms with Gasteiger partial charge in [-0.1, -0.05) is 25.8 Å². The van der Waals surface area contributed by atoms with Gasteiger partial charge in [0.25, 0.3) is 0 Å². The second-order valence-electron chi connectivity index (χ2n) is 5.15. The lowest BCUT2D eigenvalue weighted by molar-refractivity contribution is -0.117. The molecule has 0 spiro atoms. The Labute approximate surface area is 86.6 Å². The van der Waals surface area contributed by atoms with E-state index in [0.29, 0.717) is 17.6 Å². The van der Waals surface area contributed by atoms with Gasteiger partial charge >= 0.3 is 0 Å². The summed E-state index contributed by atoms with van der Waals surface area (Å²) in [4.78, 5) is 11.6. The van der Waals surface area contributed by atoms with Crippen molar-refractivity contribution in [1.82, 2.24) is 0 Å². The highest BCUT2D eigenvalue weighted by Crippen LogP contribution is 2.42. The minimum atomic E-state index is 0.372. The highest BCUT2D eigenvalue weighted by molar-refractivity contribution is 5.91. The molecule has 0 radical (unpaired) electrons. The number of carbonyl (C=O) groups is 1. The van der Waals surface area contributed by atoms with Crippen LogP contribution in [-0.4, -0.2) is 5.78 Å². The number of ketones is 1. The van der Waals surface area contributed by atoms with Gasteiger partial charge in [-0.3, -0.25) is 4.79 Å². The third-order valence-electron chi connectivity index (χ3n) is 3.86. The van der Waals surface area contributed by atoms with Gasteiger partial charge in [0, 0.05) is 6.42 Å². The van der Waals surface area contributed by atoms with Crippen LogP contribution in [0.2, 0.25) is 0 Å². The Bertz CT molecular complexity index is 262. The van der Waals surface area contributed by atoms with Crippen LogP contribution in [0.5, 0.6) is 0 Å². The Morgan fingerprint density at radius 1 is 1.36 bits per heavy atom. The van der Waals surface area contributed by atoms with E-state index in [0.717, 1.165) is 12.3 Å². The molecule has 2 aliphatic rings. The third-order valence-corrected chi connectivity index (χ3v) is 3.86. The first kappa shape index (κ1) is 9.95. The number of allylic oxidation sites excluding steroid dienone is 2. The summed E-state index contributed by atoms with van der Waals surface area (Å²) >= 11 is 0. The van der Waals surface area contributed by atoms with E-state index in [1.165, 1.54) is 31.3 Å². The zero-order chi connectivity index (χ0) is 10.1. The number of carbonyl (C=O) groups excluding carboxylic acids is 1. The number of fused-ring (bicyclic) bond motifs is 1. The molecule has 1 heteroatoms. The Hall–Kier alpha value is -0.590. The molecule has 1 fully saturated rings. The molecule has 1 nitrogen and oxygen atoms in total. The molecule has 78 valence electrons. The number of rotatable bonds is 1. The maximum atomic E-state index is 11.6. The molecule has 14 heavy (non-hydrogen) atoms. The van der Waals surface area contributed by atoms with Crippen molar-refractivity contribution in [2.24, 2.45) is 17.8 Å². The number of hydrogen-bond donors (Lipinski definition) is 0. The number of hydrogen-bond acceptors (Lipinski definition) is 1. The Balaban J connectivity index is 2.22. The van der Waals surface area contributed by atoms with Crippen LogP contribution >= 0.6 is 0 Å². The predicted molar refractivity (Wildman–Crippen MR) is 58.0 cm³/mol. The Kier molecular flexibility index (Phi) is 2.76. The summed E-state index contributed by atoms with van der Waals surface area (Å²) < 4.78 is 0. The van der Waals surface area contributed by atoms with Gasteiger partial charge in [0.1, 0.15) is 0 Å². The zero-order valence-electron chi connectivity index (χ0n) is 9.25. The van der Waals surface area contributed by atoms with Crippen LogP contribution in [0.3, 0.4) is 0 Å². The highest BCUT2D eigenvalue weighted by Gasteiger charge is 2.33. The summed E-state index contributed by atoms with van der Waals surface area (Å²) in [6, 6.07) is 0. The lowest BCUT2D eigenvalue weighted by atomic mass is 9.67. The lowest BCUT2D eigenvalue weighted by Gasteiger charge is -2.37. The van der Waals surface area contributed by atoms with Gasteiger partial charge in [-0.05, 0) is 43.1 Å². The lowest BCUT2D eigenvalue weighted by Crippen LogP contribution is -2.30. The molecule has 2 aliphatic carbocycles. The molecular formula is C13H20O. The summed E-state index contributed by atoms with van der Waals surface area (Å²) in [5.74, 6) is 2.40. The molecule has 0 N–H and O–H groups in total. The van der Waals surface area contributed by atoms with E-state index >= 15 is 0 Å². The maximum Gasteiger partial charge on any atom is 0.155 e. The molecule has 0 saturated heterocycles. The molecule has 0 aliphatic heterocycles. The summed E-state index contributed by atoms with van der Waals surface area (Å²) in [5, 5.41) is 0. The van der Waals surface area contributed by atoms with Crippen LogP contribution in [0.4, 0.5) is 0 Å². The van der Waals surface area contributed by atoms with Gasteiger partial charge < -0.3 is 0 Å². The SMILES string of the molecule is CC(C)[C@@H]1CC(=O)C=C2CCCC[C@@H]21. The minimum absolute atomic E-state index is 0.372. The van der Waals surface area contributed by atoms with Gasteiger partial charge in [-0.2, -0.15) is 0 Å². The second-order valence-corrected chi connectivity index (χ2v) is 5.15. The Morgan fingerprint density at radius 2 is 2.14 bits per heavy atom. The van der Waals surface area contributed by atoms with Crippen molar-refractivity contribution >= 4 is 5.78 Å². The molecule has 2 rings (SSSR count). The molecule has 0 aromatic carbocycles. The van der Waals surface area contributed by atoms with E-state index < -0.39 is 0 Å². The average Bonchev–Trinajstić information content (AvgIpc) is 2.16. The monoisotopic (exact) mass is 192 g/mol. The molecule has 0 heterocycles. The van der Waals surface area contributed by atoms with Crippen LogP contribution in [0.1, 0.15) is 46.0 Å². The van der Waals surface area contributed by atoms with Gasteiger partial charge in [0.2, 0.25) is 0 Å². The smallest absolute Gasteiger partial charge is 0.155 e. The van der Waals surface area contributed by atoms with E-state index in [9.17, 15) is 4.79 Å². The van der Waals surface area contributed by atoms with Crippen LogP contribution in [0, 0.1) is 17.8 Å². The molecule has 1 saturated carbocycles. The molecule has 0 aromatic rings. The largest absolute Gasteiger partial charge is 0.295 e. The molecule has 0 amide bonds. The summed E-state index contributed by atoms with van der Waals surface area (Å²) in [7, 11) is 0. The fourth-order valence-electron chi connectivity index (χ4n) is 3.07. The highest BCUT2D eigenvalue weighted by atomic mass is 16.1. The molecular weight excluding hydrogens is 172 g/mol. The molecule has 2 atom stereocenters. The fourth-order valence-corrected chi connectivity index (χ4v) is 3.07. The molecule has 0 aromatic heterocycles. The van der Waals surface area contributed by atoms with E-state index in [-0.39, 0.29) is 0 Å². The standard InChI is InChI=1S/C13H20O/c1-9(2)13-8-11(14)7-10-5-3-4-6-12(10)13/h7,9,12-13H,3-6,8H2,1-2H3/t12-,13-/m0/s1. The van der Waals surface area contributed by atoms with E-state index in [1.807, 2.05) is 6.08 Å². The van der Waals surface area contributed by atoms with E-state index in [1.54, 1.807) is 0 Å². The topological polar surface area (TPSA) is 17.1 Å². The fraction of sp³-hybridized carbons (Fsp3) is 0.769. The first-order valence-corrected chi connectivity index (χ1v) is 5.92. The van der Waals surface area contributed by atoms with Crippen molar-refractivity contribution in [3.63, 3.8) is 0 Å². The van der Waals surface area contributed by atoms with Crippen molar-refractivity contribution in [2.75, 3.05) is 0 Å². The van der Waals surface area contributed by atoms with Crippen LogP contribution < -0.4 is 0 Å². The van der Waals surface area contributed by atoms with Crippen molar-refractivity contribution in [3.8, 4) is 0 Å². The predicted octanol–water partition coefficient (Wildman–Crippen LogP) is 3.35. The van der Waals surface area contributed by atoms with Gasteiger partial charge in [-0.25, -0.2) is 0 Å². The maximum absolute atomic E-state index is 11.6. The minimum Gasteiger partial charge on any atom is -0.295 e. The van der Waals surface area contributed by atoms with E-state index in [2.05, 4.69) is 13.8 Å². The van der Waals surface area contributed by atoms with Gasteiger partial charge in [0.05, 0.1) is 0 Å². The molecule has 0 bridgehead atoms. The first-order chi connectivity index (χ1) is 6.68. The summed E-state index contributed by atoms with van der Waals surface area (Å²) in [6.07, 6.45) is 7.90.